The minimum atomic E-state index is -0.112. The van der Waals surface area contributed by atoms with Gasteiger partial charge in [-0.15, -0.1) is 6.58 Å². The molecule has 3 nitrogen and oxygen atoms in total. The fourth-order valence-electron chi connectivity index (χ4n) is 2.13. The molecule has 0 bridgehead atoms. The van der Waals surface area contributed by atoms with Crippen molar-refractivity contribution in [2.45, 2.75) is 13.3 Å². The lowest BCUT2D eigenvalue weighted by Gasteiger charge is -2.20. The SMILES string of the molecule is C=CCN(CCC)C(=O)c1cc2ccccc2c(Cl)n1. The van der Waals surface area contributed by atoms with Gasteiger partial charge in [0.1, 0.15) is 10.8 Å². The highest BCUT2D eigenvalue weighted by atomic mass is 35.5. The zero-order valence-electron chi connectivity index (χ0n) is 11.5. The average molecular weight is 289 g/mol. The van der Waals surface area contributed by atoms with E-state index in [1.807, 2.05) is 31.2 Å². The molecule has 0 saturated heterocycles. The first kappa shape index (κ1) is 14.5. The van der Waals surface area contributed by atoms with Crippen LogP contribution in [0.5, 0.6) is 0 Å². The third-order valence-electron chi connectivity index (χ3n) is 3.04. The summed E-state index contributed by atoms with van der Waals surface area (Å²) in [7, 11) is 0. The van der Waals surface area contributed by atoms with Crippen molar-refractivity contribution in [2.24, 2.45) is 0 Å². The van der Waals surface area contributed by atoms with Crippen LogP contribution in [0, 0.1) is 0 Å². The van der Waals surface area contributed by atoms with Crippen LogP contribution >= 0.6 is 11.6 Å². The summed E-state index contributed by atoms with van der Waals surface area (Å²) in [6.45, 7) is 6.91. The van der Waals surface area contributed by atoms with Crippen molar-refractivity contribution in [2.75, 3.05) is 13.1 Å². The Kier molecular flexibility index (Phi) is 4.74. The predicted octanol–water partition coefficient (Wildman–Crippen LogP) is 3.93. The van der Waals surface area contributed by atoms with Crippen LogP contribution in [0.4, 0.5) is 0 Å². The molecule has 1 amide bonds. The molecule has 0 unspecified atom stereocenters. The Morgan fingerprint density at radius 1 is 1.45 bits per heavy atom. The number of amides is 1. The number of hydrogen-bond acceptors (Lipinski definition) is 2. The van der Waals surface area contributed by atoms with Crippen molar-refractivity contribution in [3.05, 3.63) is 53.8 Å². The van der Waals surface area contributed by atoms with Crippen LogP contribution in [0.15, 0.2) is 43.0 Å². The lowest BCUT2D eigenvalue weighted by Crippen LogP contribution is -2.32. The molecule has 2 rings (SSSR count). The topological polar surface area (TPSA) is 33.2 Å². The molecule has 0 aliphatic carbocycles. The first-order valence-electron chi connectivity index (χ1n) is 6.62. The summed E-state index contributed by atoms with van der Waals surface area (Å²) >= 11 is 6.16. The number of halogens is 1. The minimum Gasteiger partial charge on any atom is -0.334 e. The van der Waals surface area contributed by atoms with Crippen LogP contribution in [-0.2, 0) is 0 Å². The van der Waals surface area contributed by atoms with E-state index < -0.39 is 0 Å². The van der Waals surface area contributed by atoms with E-state index in [1.165, 1.54) is 0 Å². The van der Waals surface area contributed by atoms with Crippen LogP contribution in [0.2, 0.25) is 5.15 Å². The lowest BCUT2D eigenvalue weighted by atomic mass is 10.1. The van der Waals surface area contributed by atoms with Crippen LogP contribution in [0.3, 0.4) is 0 Å². The normalized spacial score (nSPS) is 10.5. The molecule has 0 aliphatic rings. The van der Waals surface area contributed by atoms with Crippen molar-refractivity contribution in [1.29, 1.82) is 0 Å². The molecule has 0 spiro atoms. The fraction of sp³-hybridized carbons (Fsp3) is 0.250. The predicted molar refractivity (Wildman–Crippen MR) is 83.1 cm³/mol. The van der Waals surface area contributed by atoms with Gasteiger partial charge >= 0.3 is 0 Å². The van der Waals surface area contributed by atoms with E-state index >= 15 is 0 Å². The number of aromatic nitrogens is 1. The zero-order chi connectivity index (χ0) is 14.5. The number of carbonyl (C=O) groups excluding carboxylic acids is 1. The van der Waals surface area contributed by atoms with E-state index in [1.54, 1.807) is 17.0 Å². The number of benzene rings is 1. The second-order valence-corrected chi connectivity index (χ2v) is 4.92. The molecule has 2 aromatic rings. The van der Waals surface area contributed by atoms with Gasteiger partial charge in [-0.2, -0.15) is 0 Å². The summed E-state index contributed by atoms with van der Waals surface area (Å²) in [6.07, 6.45) is 2.61. The Morgan fingerprint density at radius 2 is 2.20 bits per heavy atom. The second kappa shape index (κ2) is 6.53. The number of pyridine rings is 1. The van der Waals surface area contributed by atoms with Crippen molar-refractivity contribution in [3.8, 4) is 0 Å². The molecule has 0 saturated carbocycles. The van der Waals surface area contributed by atoms with Gasteiger partial charge in [0.15, 0.2) is 0 Å². The number of nitrogens with zero attached hydrogens (tertiary/aromatic N) is 2. The molecule has 0 radical (unpaired) electrons. The maximum atomic E-state index is 12.5. The number of rotatable bonds is 5. The molecule has 1 aromatic heterocycles. The van der Waals surface area contributed by atoms with Gasteiger partial charge in [-0.3, -0.25) is 4.79 Å². The van der Waals surface area contributed by atoms with E-state index in [9.17, 15) is 4.79 Å². The summed E-state index contributed by atoms with van der Waals surface area (Å²) in [4.78, 5) is 18.4. The van der Waals surface area contributed by atoms with Crippen LogP contribution < -0.4 is 0 Å². The Balaban J connectivity index is 2.41. The quantitative estimate of drug-likeness (QED) is 0.617. The third kappa shape index (κ3) is 2.99. The summed E-state index contributed by atoms with van der Waals surface area (Å²) in [6, 6.07) is 9.43. The Morgan fingerprint density at radius 3 is 2.90 bits per heavy atom. The number of carbonyl (C=O) groups is 1. The summed E-state index contributed by atoms with van der Waals surface area (Å²) in [5.41, 5.74) is 0.379. The Bertz CT molecular complexity index is 639. The maximum Gasteiger partial charge on any atom is 0.272 e. The first-order valence-corrected chi connectivity index (χ1v) is 7.00. The molecule has 0 atom stereocenters. The van der Waals surface area contributed by atoms with Gasteiger partial charge < -0.3 is 4.90 Å². The Labute approximate surface area is 123 Å². The van der Waals surface area contributed by atoms with E-state index in [2.05, 4.69) is 11.6 Å². The standard InChI is InChI=1S/C16H17ClN2O/c1-3-9-19(10-4-2)16(20)14-11-12-7-5-6-8-13(12)15(17)18-14/h3,5-8,11H,1,4,9-10H2,2H3. The average Bonchev–Trinajstić information content (AvgIpc) is 2.46. The molecule has 0 aliphatic heterocycles. The zero-order valence-corrected chi connectivity index (χ0v) is 12.2. The van der Waals surface area contributed by atoms with Crippen molar-refractivity contribution < 1.29 is 4.79 Å². The molecule has 4 heteroatoms. The summed E-state index contributed by atoms with van der Waals surface area (Å²) in [5, 5.41) is 2.14. The molecule has 104 valence electrons. The fourth-order valence-corrected chi connectivity index (χ4v) is 2.39. The van der Waals surface area contributed by atoms with Gasteiger partial charge in [0.25, 0.3) is 5.91 Å². The van der Waals surface area contributed by atoms with Crippen molar-refractivity contribution in [1.82, 2.24) is 9.88 Å². The molecule has 0 N–H and O–H groups in total. The van der Waals surface area contributed by atoms with E-state index in [0.29, 0.717) is 23.9 Å². The van der Waals surface area contributed by atoms with E-state index in [0.717, 1.165) is 17.2 Å². The van der Waals surface area contributed by atoms with Crippen LogP contribution in [0.25, 0.3) is 10.8 Å². The van der Waals surface area contributed by atoms with Gasteiger partial charge in [0.2, 0.25) is 0 Å². The maximum absolute atomic E-state index is 12.5. The van der Waals surface area contributed by atoms with Gasteiger partial charge in [0.05, 0.1) is 0 Å². The van der Waals surface area contributed by atoms with Gasteiger partial charge in [-0.1, -0.05) is 48.9 Å². The monoisotopic (exact) mass is 288 g/mol. The summed E-state index contributed by atoms with van der Waals surface area (Å²) in [5.74, 6) is -0.112. The first-order chi connectivity index (χ1) is 9.67. The second-order valence-electron chi connectivity index (χ2n) is 4.56. The van der Waals surface area contributed by atoms with Gasteiger partial charge in [0, 0.05) is 18.5 Å². The molecule has 1 aromatic carbocycles. The van der Waals surface area contributed by atoms with Gasteiger partial charge in [-0.25, -0.2) is 4.98 Å². The van der Waals surface area contributed by atoms with Crippen LogP contribution in [-0.4, -0.2) is 28.9 Å². The Hall–Kier alpha value is -1.87. The highest BCUT2D eigenvalue weighted by Crippen LogP contribution is 2.22. The highest BCUT2D eigenvalue weighted by molar-refractivity contribution is 6.34. The van der Waals surface area contributed by atoms with E-state index in [-0.39, 0.29) is 5.91 Å². The van der Waals surface area contributed by atoms with Crippen molar-refractivity contribution in [3.63, 3.8) is 0 Å². The smallest absolute Gasteiger partial charge is 0.272 e. The minimum absolute atomic E-state index is 0.112. The van der Waals surface area contributed by atoms with Crippen LogP contribution in [0.1, 0.15) is 23.8 Å². The lowest BCUT2D eigenvalue weighted by molar-refractivity contribution is 0.0768. The molecular weight excluding hydrogens is 272 g/mol. The number of fused-ring (bicyclic) bond motifs is 1. The van der Waals surface area contributed by atoms with Crippen molar-refractivity contribution >= 4 is 28.3 Å². The number of hydrogen-bond donors (Lipinski definition) is 0. The highest BCUT2D eigenvalue weighted by Gasteiger charge is 2.17. The molecular formula is C16H17ClN2O. The van der Waals surface area contributed by atoms with Gasteiger partial charge in [-0.05, 0) is 17.9 Å². The largest absolute Gasteiger partial charge is 0.334 e. The molecule has 20 heavy (non-hydrogen) atoms. The summed E-state index contributed by atoms with van der Waals surface area (Å²) < 4.78 is 0. The molecule has 1 heterocycles. The molecule has 0 fully saturated rings. The third-order valence-corrected chi connectivity index (χ3v) is 3.33. The van der Waals surface area contributed by atoms with E-state index in [4.69, 9.17) is 11.6 Å².